The Hall–Kier alpha value is -1.65. The van der Waals surface area contributed by atoms with Crippen LogP contribution >= 0.6 is 0 Å². The normalized spacial score (nSPS) is 11.3. The molecule has 0 atom stereocenters. The van der Waals surface area contributed by atoms with Crippen molar-refractivity contribution in [2.24, 2.45) is 0 Å². The van der Waals surface area contributed by atoms with Crippen molar-refractivity contribution >= 4 is 5.65 Å². The van der Waals surface area contributed by atoms with Crippen molar-refractivity contribution in [2.45, 2.75) is 13.3 Å². The average molecular weight is 212 g/mol. The summed E-state index contributed by atoms with van der Waals surface area (Å²) in [5.41, 5.74) is 1.11. The van der Waals surface area contributed by atoms with Gasteiger partial charge in [-0.15, -0.1) is 0 Å². The molecule has 0 amide bonds. The number of imidazole rings is 1. The van der Waals surface area contributed by atoms with Crippen LogP contribution in [0.15, 0.2) is 18.5 Å². The lowest BCUT2D eigenvalue weighted by atomic mass is 10.3. The highest BCUT2D eigenvalue weighted by atomic mass is 19.3. The van der Waals surface area contributed by atoms with Gasteiger partial charge >= 0.3 is 0 Å². The van der Waals surface area contributed by atoms with Gasteiger partial charge in [0.15, 0.2) is 11.4 Å². The number of alkyl halides is 2. The molecule has 3 nitrogen and oxygen atoms in total. The van der Waals surface area contributed by atoms with Gasteiger partial charge in [0, 0.05) is 12.4 Å². The lowest BCUT2D eigenvalue weighted by Gasteiger charge is -2.03. The monoisotopic (exact) mass is 212 g/mol. The van der Waals surface area contributed by atoms with E-state index in [2.05, 4.69) is 4.98 Å². The maximum atomic E-state index is 12.4. The van der Waals surface area contributed by atoms with Crippen LogP contribution in [0, 0.1) is 6.92 Å². The molecule has 0 aromatic carbocycles. The van der Waals surface area contributed by atoms with Crippen LogP contribution in [0.1, 0.15) is 17.7 Å². The molecule has 0 N–H and O–H groups in total. The number of aryl methyl sites for hydroxylation is 1. The van der Waals surface area contributed by atoms with Crippen LogP contribution in [0.4, 0.5) is 8.78 Å². The van der Waals surface area contributed by atoms with E-state index >= 15 is 0 Å². The van der Waals surface area contributed by atoms with Crippen molar-refractivity contribution in [3.8, 4) is 5.75 Å². The highest BCUT2D eigenvalue weighted by Gasteiger charge is 2.14. The Balaban J connectivity index is 2.68. The van der Waals surface area contributed by atoms with Crippen LogP contribution in [0.3, 0.4) is 0 Å². The first-order valence-electron chi connectivity index (χ1n) is 4.43. The highest BCUT2D eigenvalue weighted by molar-refractivity contribution is 5.55. The van der Waals surface area contributed by atoms with Gasteiger partial charge < -0.3 is 9.14 Å². The number of hydrogen-bond acceptors (Lipinski definition) is 2. The topological polar surface area (TPSA) is 26.5 Å². The van der Waals surface area contributed by atoms with Crippen molar-refractivity contribution in [1.82, 2.24) is 9.38 Å². The summed E-state index contributed by atoms with van der Waals surface area (Å²) < 4.78 is 31.5. The number of halogens is 2. The minimum absolute atomic E-state index is 0.237. The molecule has 0 aliphatic heterocycles. The van der Waals surface area contributed by atoms with E-state index in [9.17, 15) is 8.78 Å². The van der Waals surface area contributed by atoms with E-state index in [1.54, 1.807) is 16.7 Å². The lowest BCUT2D eigenvalue weighted by Crippen LogP contribution is -1.91. The third-order valence-corrected chi connectivity index (χ3v) is 2.12. The molecule has 80 valence electrons. The first-order valence-corrected chi connectivity index (χ1v) is 4.43. The summed E-state index contributed by atoms with van der Waals surface area (Å²) >= 11 is 0. The Morgan fingerprint density at radius 1 is 1.40 bits per heavy atom. The second kappa shape index (κ2) is 3.49. The molecule has 0 saturated heterocycles. The maximum Gasteiger partial charge on any atom is 0.281 e. The first-order chi connectivity index (χ1) is 7.11. The molecule has 2 aromatic heterocycles. The Bertz CT molecular complexity index is 493. The summed E-state index contributed by atoms with van der Waals surface area (Å²) in [4.78, 5) is 3.81. The molecule has 2 rings (SSSR count). The highest BCUT2D eigenvalue weighted by Crippen LogP contribution is 2.24. The Morgan fingerprint density at radius 3 is 2.73 bits per heavy atom. The summed E-state index contributed by atoms with van der Waals surface area (Å²) in [5, 5.41) is 0. The van der Waals surface area contributed by atoms with Crippen LogP contribution in [0.5, 0.6) is 5.75 Å². The third-order valence-electron chi connectivity index (χ3n) is 2.12. The fraction of sp³-hybridized carbons (Fsp3) is 0.300. The van der Waals surface area contributed by atoms with E-state index < -0.39 is 6.43 Å². The number of hydrogen-bond donors (Lipinski definition) is 0. The number of nitrogens with zero attached hydrogens (tertiary/aromatic N) is 2. The molecule has 0 spiro atoms. The molecule has 2 aromatic rings. The Morgan fingerprint density at radius 2 is 2.13 bits per heavy atom. The van der Waals surface area contributed by atoms with Gasteiger partial charge in [-0.2, -0.15) is 0 Å². The molecule has 0 fully saturated rings. The van der Waals surface area contributed by atoms with Gasteiger partial charge in [-0.05, 0) is 18.6 Å². The second-order valence-corrected chi connectivity index (χ2v) is 3.28. The summed E-state index contributed by atoms with van der Waals surface area (Å²) in [5.74, 6) is 0.502. The van der Waals surface area contributed by atoms with Crippen LogP contribution in [-0.2, 0) is 0 Å². The van der Waals surface area contributed by atoms with E-state index in [0.29, 0.717) is 11.4 Å². The van der Waals surface area contributed by atoms with Gasteiger partial charge in [-0.25, -0.2) is 13.8 Å². The summed E-state index contributed by atoms with van der Waals surface area (Å²) in [6.07, 6.45) is 0.488. The Labute approximate surface area is 85.3 Å². The molecular weight excluding hydrogens is 202 g/mol. The lowest BCUT2D eigenvalue weighted by molar-refractivity contribution is 0.147. The molecule has 15 heavy (non-hydrogen) atoms. The molecule has 0 bridgehead atoms. The fourth-order valence-corrected chi connectivity index (χ4v) is 1.48. The third kappa shape index (κ3) is 1.65. The minimum Gasteiger partial charge on any atom is -0.493 e. The zero-order valence-corrected chi connectivity index (χ0v) is 8.37. The molecule has 0 saturated carbocycles. The molecule has 0 aliphatic rings. The van der Waals surface area contributed by atoms with Crippen molar-refractivity contribution in [3.05, 3.63) is 29.7 Å². The van der Waals surface area contributed by atoms with E-state index in [4.69, 9.17) is 4.74 Å². The van der Waals surface area contributed by atoms with Crippen molar-refractivity contribution < 1.29 is 13.5 Å². The number of ether oxygens (including phenoxy) is 1. The zero-order chi connectivity index (χ0) is 11.0. The molecule has 0 aliphatic carbocycles. The van der Waals surface area contributed by atoms with Gasteiger partial charge in [0.25, 0.3) is 6.43 Å². The second-order valence-electron chi connectivity index (χ2n) is 3.28. The number of fused-ring (bicyclic) bond motifs is 1. The van der Waals surface area contributed by atoms with E-state index in [1.165, 1.54) is 13.3 Å². The number of methoxy groups -OCH3 is 1. The zero-order valence-electron chi connectivity index (χ0n) is 8.37. The maximum absolute atomic E-state index is 12.4. The van der Waals surface area contributed by atoms with E-state index in [-0.39, 0.29) is 5.69 Å². The minimum atomic E-state index is -2.56. The summed E-state index contributed by atoms with van der Waals surface area (Å²) in [7, 11) is 1.49. The van der Waals surface area contributed by atoms with Crippen LogP contribution in [-0.4, -0.2) is 16.5 Å². The predicted octanol–water partition coefficient (Wildman–Crippen LogP) is 2.59. The quantitative estimate of drug-likeness (QED) is 0.764. The van der Waals surface area contributed by atoms with E-state index in [0.717, 1.165) is 5.56 Å². The van der Waals surface area contributed by atoms with Crippen LogP contribution in [0.25, 0.3) is 5.65 Å². The summed E-state index contributed by atoms with van der Waals surface area (Å²) in [6.45, 7) is 1.87. The van der Waals surface area contributed by atoms with Gasteiger partial charge in [0.05, 0.1) is 7.11 Å². The standard InChI is InChI=1S/C10H10F2N2O/c1-6-3-8(15-2)10-13-7(9(11)12)5-14(10)4-6/h3-5,9H,1-2H3. The summed E-state index contributed by atoms with van der Waals surface area (Å²) in [6, 6.07) is 1.76. The van der Waals surface area contributed by atoms with Crippen molar-refractivity contribution in [1.29, 1.82) is 0 Å². The fourth-order valence-electron chi connectivity index (χ4n) is 1.48. The van der Waals surface area contributed by atoms with Gasteiger partial charge in [0.1, 0.15) is 5.69 Å². The molecule has 2 heterocycles. The van der Waals surface area contributed by atoms with Crippen molar-refractivity contribution in [3.63, 3.8) is 0 Å². The largest absolute Gasteiger partial charge is 0.493 e. The van der Waals surface area contributed by atoms with Crippen LogP contribution in [0.2, 0.25) is 0 Å². The van der Waals surface area contributed by atoms with E-state index in [1.807, 2.05) is 6.92 Å². The number of rotatable bonds is 2. The van der Waals surface area contributed by atoms with Gasteiger partial charge in [-0.3, -0.25) is 0 Å². The predicted molar refractivity (Wildman–Crippen MR) is 51.4 cm³/mol. The molecular formula is C10H10F2N2O. The number of aromatic nitrogens is 2. The van der Waals surface area contributed by atoms with Gasteiger partial charge in [-0.1, -0.05) is 0 Å². The van der Waals surface area contributed by atoms with Crippen LogP contribution < -0.4 is 4.74 Å². The number of pyridine rings is 1. The van der Waals surface area contributed by atoms with Gasteiger partial charge in [0.2, 0.25) is 0 Å². The Kier molecular flexibility index (Phi) is 2.30. The van der Waals surface area contributed by atoms with Crippen molar-refractivity contribution in [2.75, 3.05) is 7.11 Å². The molecule has 5 heteroatoms. The SMILES string of the molecule is COc1cc(C)cn2cc(C(F)F)nc12. The molecule has 0 radical (unpaired) electrons. The average Bonchev–Trinajstić information content (AvgIpc) is 2.59. The smallest absolute Gasteiger partial charge is 0.281 e. The molecule has 0 unspecified atom stereocenters. The first kappa shape index (κ1) is 9.89.